The van der Waals surface area contributed by atoms with Crippen LogP contribution in [-0.2, 0) is 10.9 Å². The SMILES string of the molecule is CCOc1ccc(NC(=O)N(C)CC(O)COC)c(C(F)(F)F)c1. The van der Waals surface area contributed by atoms with Crippen LogP contribution in [0.4, 0.5) is 23.7 Å². The highest BCUT2D eigenvalue weighted by Crippen LogP contribution is 2.37. The van der Waals surface area contributed by atoms with Gasteiger partial charge in [0.1, 0.15) is 5.75 Å². The molecule has 0 saturated heterocycles. The van der Waals surface area contributed by atoms with Crippen molar-refractivity contribution in [3.63, 3.8) is 0 Å². The van der Waals surface area contributed by atoms with Crippen LogP contribution >= 0.6 is 0 Å². The summed E-state index contributed by atoms with van der Waals surface area (Å²) in [6, 6.07) is 2.53. The highest BCUT2D eigenvalue weighted by molar-refractivity contribution is 5.90. The molecule has 24 heavy (non-hydrogen) atoms. The summed E-state index contributed by atoms with van der Waals surface area (Å²) in [7, 11) is 2.74. The van der Waals surface area contributed by atoms with Crippen LogP contribution < -0.4 is 10.1 Å². The van der Waals surface area contributed by atoms with Gasteiger partial charge in [-0.15, -0.1) is 0 Å². The maximum Gasteiger partial charge on any atom is 0.418 e. The Kier molecular flexibility index (Phi) is 7.30. The van der Waals surface area contributed by atoms with E-state index in [0.717, 1.165) is 17.0 Å². The molecule has 0 heterocycles. The predicted molar refractivity (Wildman–Crippen MR) is 82.1 cm³/mol. The molecule has 0 saturated carbocycles. The van der Waals surface area contributed by atoms with Crippen LogP contribution in [-0.4, -0.2) is 56.1 Å². The average molecular weight is 350 g/mol. The molecule has 0 radical (unpaired) electrons. The number of carbonyl (C=O) groups excluding carboxylic acids is 1. The number of alkyl halides is 3. The number of ether oxygens (including phenoxy) is 2. The summed E-state index contributed by atoms with van der Waals surface area (Å²) in [6.07, 6.45) is -5.59. The van der Waals surface area contributed by atoms with Gasteiger partial charge in [0, 0.05) is 14.2 Å². The number of rotatable bonds is 7. The molecule has 1 aromatic carbocycles. The van der Waals surface area contributed by atoms with Crippen LogP contribution in [0.3, 0.4) is 0 Å². The van der Waals surface area contributed by atoms with E-state index in [1.165, 1.54) is 20.2 Å². The standard InChI is InChI=1S/C15H21F3N2O4/c1-4-24-11-5-6-13(12(7-11)15(16,17)18)19-14(22)20(2)8-10(21)9-23-3/h5-7,10,21H,4,8-9H2,1-3H3,(H,19,22). The fourth-order valence-corrected chi connectivity index (χ4v) is 1.98. The number of hydrogen-bond acceptors (Lipinski definition) is 4. The zero-order chi connectivity index (χ0) is 18.3. The molecular formula is C15H21F3N2O4. The minimum Gasteiger partial charge on any atom is -0.494 e. The first-order valence-electron chi connectivity index (χ1n) is 7.22. The number of likely N-dealkylation sites (N-methyl/N-ethyl adjacent to an activating group) is 1. The van der Waals surface area contributed by atoms with E-state index in [9.17, 15) is 23.1 Å². The number of nitrogens with one attached hydrogen (secondary N) is 1. The largest absolute Gasteiger partial charge is 0.494 e. The quantitative estimate of drug-likeness (QED) is 0.793. The Morgan fingerprint density at radius 2 is 2.08 bits per heavy atom. The molecule has 0 aliphatic carbocycles. The minimum absolute atomic E-state index is 0.00841. The molecule has 0 fully saturated rings. The lowest BCUT2D eigenvalue weighted by Gasteiger charge is -2.22. The van der Waals surface area contributed by atoms with Crippen molar-refractivity contribution in [2.24, 2.45) is 0 Å². The van der Waals surface area contributed by atoms with Gasteiger partial charge in [-0.1, -0.05) is 0 Å². The molecule has 0 bridgehead atoms. The molecule has 1 rings (SSSR count). The van der Waals surface area contributed by atoms with E-state index in [2.05, 4.69) is 5.32 Å². The minimum atomic E-state index is -4.65. The Labute approximate surface area is 138 Å². The molecule has 6 nitrogen and oxygen atoms in total. The van der Waals surface area contributed by atoms with E-state index in [0.29, 0.717) is 0 Å². The molecule has 136 valence electrons. The van der Waals surface area contributed by atoms with Gasteiger partial charge in [-0.2, -0.15) is 13.2 Å². The number of aliphatic hydroxyl groups is 1. The summed E-state index contributed by atoms with van der Waals surface area (Å²) in [5.41, 5.74) is -1.39. The number of nitrogens with zero attached hydrogens (tertiary/aromatic N) is 1. The molecule has 0 aliphatic rings. The van der Waals surface area contributed by atoms with Crippen molar-refractivity contribution in [2.75, 3.05) is 39.2 Å². The van der Waals surface area contributed by atoms with Gasteiger partial charge < -0.3 is 24.8 Å². The van der Waals surface area contributed by atoms with Gasteiger partial charge in [-0.05, 0) is 25.1 Å². The molecule has 0 spiro atoms. The van der Waals surface area contributed by atoms with Crippen molar-refractivity contribution in [3.8, 4) is 5.75 Å². The van der Waals surface area contributed by atoms with E-state index in [-0.39, 0.29) is 31.2 Å². The summed E-state index contributed by atoms with van der Waals surface area (Å²) in [5.74, 6) is 0.0618. The fourth-order valence-electron chi connectivity index (χ4n) is 1.98. The first-order valence-corrected chi connectivity index (χ1v) is 7.22. The van der Waals surface area contributed by atoms with Crippen molar-refractivity contribution in [2.45, 2.75) is 19.2 Å². The summed E-state index contributed by atoms with van der Waals surface area (Å²) >= 11 is 0. The molecule has 2 N–H and O–H groups in total. The number of carbonyl (C=O) groups is 1. The number of amides is 2. The first-order chi connectivity index (χ1) is 11.2. The summed E-state index contributed by atoms with van der Waals surface area (Å²) in [5, 5.41) is 11.8. The van der Waals surface area contributed by atoms with E-state index in [1.807, 2.05) is 0 Å². The highest BCUT2D eigenvalue weighted by Gasteiger charge is 2.34. The van der Waals surface area contributed by atoms with Gasteiger partial charge in [0.15, 0.2) is 0 Å². The summed E-state index contributed by atoms with van der Waals surface area (Å²) in [6.45, 7) is 1.80. The molecule has 9 heteroatoms. The number of anilines is 1. The molecular weight excluding hydrogens is 329 g/mol. The topological polar surface area (TPSA) is 71.0 Å². The van der Waals surface area contributed by atoms with Crippen molar-refractivity contribution in [3.05, 3.63) is 23.8 Å². The maximum atomic E-state index is 13.2. The van der Waals surface area contributed by atoms with Crippen LogP contribution in [0.25, 0.3) is 0 Å². The monoisotopic (exact) mass is 350 g/mol. The Hall–Kier alpha value is -2.00. The fraction of sp³-hybridized carbons (Fsp3) is 0.533. The lowest BCUT2D eigenvalue weighted by atomic mass is 10.1. The van der Waals surface area contributed by atoms with Crippen molar-refractivity contribution >= 4 is 11.7 Å². The molecule has 1 unspecified atom stereocenters. The second-order valence-corrected chi connectivity index (χ2v) is 5.06. The van der Waals surface area contributed by atoms with Crippen molar-refractivity contribution in [1.29, 1.82) is 0 Å². The van der Waals surface area contributed by atoms with Crippen molar-refractivity contribution < 1.29 is 32.5 Å². The highest BCUT2D eigenvalue weighted by atomic mass is 19.4. The average Bonchev–Trinajstić information content (AvgIpc) is 2.48. The second-order valence-electron chi connectivity index (χ2n) is 5.06. The third-order valence-corrected chi connectivity index (χ3v) is 3.04. The Morgan fingerprint density at radius 1 is 1.42 bits per heavy atom. The summed E-state index contributed by atoms with van der Waals surface area (Å²) < 4.78 is 49.3. The van der Waals surface area contributed by atoms with Gasteiger partial charge in [-0.3, -0.25) is 0 Å². The number of aliphatic hydroxyl groups excluding tert-OH is 1. The first kappa shape index (κ1) is 20.0. The maximum absolute atomic E-state index is 13.2. The number of methoxy groups -OCH3 is 1. The number of halogens is 3. The van der Waals surface area contributed by atoms with E-state index < -0.39 is 23.9 Å². The Balaban J connectivity index is 2.91. The van der Waals surface area contributed by atoms with Crippen LogP contribution in [0.5, 0.6) is 5.75 Å². The third-order valence-electron chi connectivity index (χ3n) is 3.04. The van der Waals surface area contributed by atoms with E-state index in [4.69, 9.17) is 9.47 Å². The predicted octanol–water partition coefficient (Wildman–Crippen LogP) is 2.58. The van der Waals surface area contributed by atoms with Crippen LogP contribution in [0.1, 0.15) is 12.5 Å². The van der Waals surface area contributed by atoms with E-state index >= 15 is 0 Å². The summed E-state index contributed by atoms with van der Waals surface area (Å²) in [4.78, 5) is 13.1. The molecule has 1 aromatic rings. The Bertz CT molecular complexity index is 552. The zero-order valence-electron chi connectivity index (χ0n) is 13.7. The van der Waals surface area contributed by atoms with Crippen LogP contribution in [0.15, 0.2) is 18.2 Å². The normalized spacial score (nSPS) is 12.6. The van der Waals surface area contributed by atoms with E-state index in [1.54, 1.807) is 6.92 Å². The lowest BCUT2D eigenvalue weighted by Crippen LogP contribution is -2.39. The van der Waals surface area contributed by atoms with Gasteiger partial charge in [-0.25, -0.2) is 4.79 Å². The van der Waals surface area contributed by atoms with Crippen LogP contribution in [0, 0.1) is 0 Å². The van der Waals surface area contributed by atoms with Gasteiger partial charge in [0.05, 0.1) is 37.1 Å². The lowest BCUT2D eigenvalue weighted by molar-refractivity contribution is -0.137. The second kappa shape index (κ2) is 8.74. The van der Waals surface area contributed by atoms with Crippen molar-refractivity contribution in [1.82, 2.24) is 4.90 Å². The van der Waals surface area contributed by atoms with Gasteiger partial charge in [0.2, 0.25) is 0 Å². The van der Waals surface area contributed by atoms with Gasteiger partial charge in [0.25, 0.3) is 0 Å². The molecule has 1 atom stereocenters. The number of urea groups is 1. The van der Waals surface area contributed by atoms with Gasteiger partial charge >= 0.3 is 12.2 Å². The smallest absolute Gasteiger partial charge is 0.418 e. The Morgan fingerprint density at radius 3 is 2.62 bits per heavy atom. The molecule has 0 aliphatic heterocycles. The number of hydrogen-bond donors (Lipinski definition) is 2. The third kappa shape index (κ3) is 5.89. The molecule has 0 aromatic heterocycles. The van der Waals surface area contributed by atoms with Crippen LogP contribution in [0.2, 0.25) is 0 Å². The molecule has 2 amide bonds. The number of benzene rings is 1. The zero-order valence-corrected chi connectivity index (χ0v) is 13.7.